The van der Waals surface area contributed by atoms with Gasteiger partial charge in [-0.05, 0) is 48.7 Å². The van der Waals surface area contributed by atoms with Gasteiger partial charge in [0.25, 0.3) is 5.91 Å². The van der Waals surface area contributed by atoms with Crippen molar-refractivity contribution in [3.63, 3.8) is 0 Å². The lowest BCUT2D eigenvalue weighted by Crippen LogP contribution is -2.42. The predicted molar refractivity (Wildman–Crippen MR) is 98.5 cm³/mol. The van der Waals surface area contributed by atoms with Crippen molar-refractivity contribution in [3.8, 4) is 5.75 Å². The fraction of sp³-hybridized carbons (Fsp3) is 0.300. The third kappa shape index (κ3) is 4.55. The number of aliphatic carboxylic acids is 1. The molecule has 0 bridgehead atoms. The minimum atomic E-state index is -0.845. The first kappa shape index (κ1) is 18.3. The average Bonchev–Trinajstić information content (AvgIpc) is 2.67. The summed E-state index contributed by atoms with van der Waals surface area (Å²) in [4.78, 5) is 25.5. The van der Waals surface area contributed by atoms with Crippen molar-refractivity contribution in [2.45, 2.75) is 19.4 Å². The highest BCUT2D eigenvalue weighted by Gasteiger charge is 2.28. The molecule has 0 radical (unpaired) electrons. The lowest BCUT2D eigenvalue weighted by molar-refractivity contribution is -0.143. The number of carbonyl (C=O) groups is 2. The van der Waals surface area contributed by atoms with Crippen LogP contribution in [0, 0.1) is 5.92 Å². The summed E-state index contributed by atoms with van der Waals surface area (Å²) in [7, 11) is 0. The molecule has 0 saturated carbocycles. The third-order valence-electron chi connectivity index (χ3n) is 4.46. The van der Waals surface area contributed by atoms with Crippen molar-refractivity contribution in [2.24, 2.45) is 5.92 Å². The van der Waals surface area contributed by atoms with E-state index in [4.69, 9.17) is 16.3 Å². The van der Waals surface area contributed by atoms with Crippen molar-refractivity contribution in [3.05, 3.63) is 64.7 Å². The summed E-state index contributed by atoms with van der Waals surface area (Å²) in [6.45, 7) is 1.21. The largest absolute Gasteiger partial charge is 0.489 e. The average molecular weight is 374 g/mol. The molecule has 0 spiro atoms. The number of likely N-dealkylation sites (tertiary alicyclic amines) is 1. The van der Waals surface area contributed by atoms with Gasteiger partial charge in [0.15, 0.2) is 0 Å². The summed E-state index contributed by atoms with van der Waals surface area (Å²) in [6, 6.07) is 14.4. The number of carbonyl (C=O) groups excluding carboxylic acids is 1. The zero-order valence-electron chi connectivity index (χ0n) is 14.2. The summed E-state index contributed by atoms with van der Waals surface area (Å²) in [5, 5.41) is 9.85. The monoisotopic (exact) mass is 373 g/mol. The van der Waals surface area contributed by atoms with E-state index in [1.54, 1.807) is 41.3 Å². The van der Waals surface area contributed by atoms with E-state index in [0.29, 0.717) is 42.3 Å². The van der Waals surface area contributed by atoms with E-state index in [1.807, 2.05) is 12.1 Å². The van der Waals surface area contributed by atoms with Gasteiger partial charge in [-0.1, -0.05) is 29.8 Å². The number of carboxylic acid groups (broad SMARTS) is 1. The number of amides is 1. The molecular weight excluding hydrogens is 354 g/mol. The highest BCUT2D eigenvalue weighted by Crippen LogP contribution is 2.21. The zero-order chi connectivity index (χ0) is 18.5. The molecule has 5 nitrogen and oxygen atoms in total. The minimum Gasteiger partial charge on any atom is -0.489 e. The van der Waals surface area contributed by atoms with Gasteiger partial charge in [0.1, 0.15) is 12.4 Å². The molecule has 1 amide bonds. The molecule has 1 atom stereocenters. The van der Waals surface area contributed by atoms with Gasteiger partial charge in [-0.3, -0.25) is 9.59 Å². The Bertz CT molecular complexity index is 791. The molecule has 1 aliphatic rings. The van der Waals surface area contributed by atoms with E-state index in [1.165, 1.54) is 0 Å². The maximum absolute atomic E-state index is 12.7. The van der Waals surface area contributed by atoms with Gasteiger partial charge in [0.05, 0.1) is 5.92 Å². The first-order valence-corrected chi connectivity index (χ1v) is 8.90. The van der Waals surface area contributed by atoms with E-state index < -0.39 is 11.9 Å². The Labute approximate surface area is 157 Å². The van der Waals surface area contributed by atoms with Gasteiger partial charge in [-0.2, -0.15) is 0 Å². The van der Waals surface area contributed by atoms with Crippen molar-refractivity contribution in [1.29, 1.82) is 0 Å². The summed E-state index contributed by atoms with van der Waals surface area (Å²) in [5.74, 6) is -0.898. The van der Waals surface area contributed by atoms with Crippen LogP contribution in [0.4, 0.5) is 0 Å². The van der Waals surface area contributed by atoms with Gasteiger partial charge in [-0.15, -0.1) is 0 Å². The van der Waals surface area contributed by atoms with E-state index >= 15 is 0 Å². The van der Waals surface area contributed by atoms with E-state index in [9.17, 15) is 14.7 Å². The summed E-state index contributed by atoms with van der Waals surface area (Å²) >= 11 is 5.87. The molecule has 2 aromatic rings. The lowest BCUT2D eigenvalue weighted by atomic mass is 9.97. The SMILES string of the molecule is O=C(O)[C@H]1CCCN(C(=O)c2cccc(OCc3ccc(Cl)cc3)c2)C1. The molecule has 26 heavy (non-hydrogen) atoms. The quantitative estimate of drug-likeness (QED) is 0.864. The molecule has 1 heterocycles. The standard InChI is InChI=1S/C20H20ClNO4/c21-17-8-6-14(7-9-17)13-26-18-5-1-3-15(11-18)19(23)22-10-2-4-16(12-22)20(24)25/h1,3,5-9,11,16H,2,4,10,12-13H2,(H,24,25)/t16-/m0/s1. The zero-order valence-corrected chi connectivity index (χ0v) is 15.0. The van der Waals surface area contributed by atoms with E-state index in [2.05, 4.69) is 0 Å². The lowest BCUT2D eigenvalue weighted by Gasteiger charge is -2.30. The second-order valence-electron chi connectivity index (χ2n) is 6.37. The van der Waals surface area contributed by atoms with Crippen LogP contribution >= 0.6 is 11.6 Å². The molecule has 1 N–H and O–H groups in total. The number of carboxylic acids is 1. The predicted octanol–water partition coefficient (Wildman–Crippen LogP) is 3.86. The molecule has 2 aromatic carbocycles. The van der Waals surface area contributed by atoms with Crippen LogP contribution in [0.1, 0.15) is 28.8 Å². The first-order valence-electron chi connectivity index (χ1n) is 8.52. The fourth-order valence-electron chi connectivity index (χ4n) is 3.01. The Hall–Kier alpha value is -2.53. The Morgan fingerprint density at radius 1 is 1.19 bits per heavy atom. The normalized spacial score (nSPS) is 17.0. The Morgan fingerprint density at radius 2 is 1.96 bits per heavy atom. The number of benzene rings is 2. The fourth-order valence-corrected chi connectivity index (χ4v) is 3.14. The van der Waals surface area contributed by atoms with Crippen LogP contribution in [0.5, 0.6) is 5.75 Å². The number of halogens is 1. The van der Waals surface area contributed by atoms with Crippen molar-refractivity contribution >= 4 is 23.5 Å². The van der Waals surface area contributed by atoms with Gasteiger partial charge < -0.3 is 14.7 Å². The van der Waals surface area contributed by atoms with Crippen molar-refractivity contribution in [2.75, 3.05) is 13.1 Å². The van der Waals surface area contributed by atoms with Gasteiger partial charge in [-0.25, -0.2) is 0 Å². The summed E-state index contributed by atoms with van der Waals surface area (Å²) in [6.07, 6.45) is 1.32. The van der Waals surface area contributed by atoms with Crippen LogP contribution in [0.15, 0.2) is 48.5 Å². The first-order chi connectivity index (χ1) is 12.5. The van der Waals surface area contributed by atoms with Gasteiger partial charge in [0.2, 0.25) is 0 Å². The highest BCUT2D eigenvalue weighted by molar-refractivity contribution is 6.30. The van der Waals surface area contributed by atoms with Crippen LogP contribution in [0.3, 0.4) is 0 Å². The van der Waals surface area contributed by atoms with Crippen LogP contribution in [0.2, 0.25) is 5.02 Å². The maximum Gasteiger partial charge on any atom is 0.308 e. The number of piperidine rings is 1. The van der Waals surface area contributed by atoms with Crippen LogP contribution in [0.25, 0.3) is 0 Å². The Balaban J connectivity index is 1.65. The van der Waals surface area contributed by atoms with E-state index in [-0.39, 0.29) is 12.5 Å². The second kappa shape index (κ2) is 8.23. The minimum absolute atomic E-state index is 0.159. The smallest absolute Gasteiger partial charge is 0.308 e. The third-order valence-corrected chi connectivity index (χ3v) is 4.71. The van der Waals surface area contributed by atoms with Crippen molar-refractivity contribution < 1.29 is 19.4 Å². The highest BCUT2D eigenvalue weighted by atomic mass is 35.5. The molecule has 1 aliphatic heterocycles. The topological polar surface area (TPSA) is 66.8 Å². The Kier molecular flexibility index (Phi) is 5.78. The molecule has 1 fully saturated rings. The van der Waals surface area contributed by atoms with Gasteiger partial charge >= 0.3 is 5.97 Å². The molecule has 136 valence electrons. The number of ether oxygens (including phenoxy) is 1. The second-order valence-corrected chi connectivity index (χ2v) is 6.81. The molecule has 0 aliphatic carbocycles. The summed E-state index contributed by atoms with van der Waals surface area (Å²) in [5.41, 5.74) is 1.48. The number of hydrogen-bond donors (Lipinski definition) is 1. The summed E-state index contributed by atoms with van der Waals surface area (Å²) < 4.78 is 5.76. The van der Waals surface area contributed by atoms with Crippen molar-refractivity contribution in [1.82, 2.24) is 4.90 Å². The molecule has 0 aromatic heterocycles. The van der Waals surface area contributed by atoms with Crippen LogP contribution < -0.4 is 4.74 Å². The maximum atomic E-state index is 12.7. The molecule has 0 unspecified atom stereocenters. The molecule has 3 rings (SSSR count). The molecule has 6 heteroatoms. The number of nitrogens with zero attached hydrogens (tertiary/aromatic N) is 1. The van der Waals surface area contributed by atoms with Gasteiger partial charge in [0, 0.05) is 23.7 Å². The number of hydrogen-bond acceptors (Lipinski definition) is 3. The van der Waals surface area contributed by atoms with E-state index in [0.717, 1.165) is 5.56 Å². The Morgan fingerprint density at radius 3 is 2.69 bits per heavy atom. The van der Waals surface area contributed by atoms with Crippen LogP contribution in [-0.2, 0) is 11.4 Å². The van der Waals surface area contributed by atoms with Crippen LogP contribution in [-0.4, -0.2) is 35.0 Å². The molecular formula is C20H20ClNO4. The molecule has 1 saturated heterocycles. The number of rotatable bonds is 5.